The lowest BCUT2D eigenvalue weighted by Crippen LogP contribution is -2.64. The molecule has 1 aromatic heterocycles. The van der Waals surface area contributed by atoms with Crippen LogP contribution in [0.2, 0.25) is 0 Å². The van der Waals surface area contributed by atoms with Gasteiger partial charge in [0.25, 0.3) is 0 Å². The summed E-state index contributed by atoms with van der Waals surface area (Å²) in [5.41, 5.74) is -0.184. The Kier molecular flexibility index (Phi) is 5.58. The molecule has 0 bridgehead atoms. The fourth-order valence-corrected chi connectivity index (χ4v) is 3.78. The molecule has 2 rings (SSSR count). The Balaban J connectivity index is 2.05. The molecule has 2 atom stereocenters. The first-order chi connectivity index (χ1) is 11.4. The molecule has 2 unspecified atom stereocenters. The van der Waals surface area contributed by atoms with E-state index in [4.69, 9.17) is 9.84 Å². The summed E-state index contributed by atoms with van der Waals surface area (Å²) < 4.78 is 7.12. The lowest BCUT2D eigenvalue weighted by atomic mass is 9.58. The van der Waals surface area contributed by atoms with Crippen molar-refractivity contribution in [2.24, 2.45) is 5.41 Å². The molecule has 1 heterocycles. The van der Waals surface area contributed by atoms with Crippen molar-refractivity contribution in [3.63, 3.8) is 0 Å². The quantitative estimate of drug-likeness (QED) is 0.770. The van der Waals surface area contributed by atoms with Gasteiger partial charge in [0.2, 0.25) is 5.91 Å². The third-order valence-corrected chi connectivity index (χ3v) is 5.34. The van der Waals surface area contributed by atoms with Crippen LogP contribution in [0.5, 0.6) is 0 Å². The van der Waals surface area contributed by atoms with Crippen LogP contribution in [-0.4, -0.2) is 62.7 Å². The number of rotatable bonds is 8. The lowest BCUT2D eigenvalue weighted by Gasteiger charge is -2.58. The van der Waals surface area contributed by atoms with Crippen molar-refractivity contribution >= 4 is 11.9 Å². The van der Waals surface area contributed by atoms with E-state index in [1.54, 1.807) is 11.9 Å². The number of ether oxygens (including phenoxy) is 1. The highest BCUT2D eigenvalue weighted by molar-refractivity contribution is 5.84. The van der Waals surface area contributed by atoms with Gasteiger partial charge in [-0.1, -0.05) is 19.1 Å². The topological polar surface area (TPSA) is 97.5 Å². The van der Waals surface area contributed by atoms with Crippen LogP contribution in [0.1, 0.15) is 50.5 Å². The van der Waals surface area contributed by atoms with Gasteiger partial charge in [-0.05, 0) is 26.2 Å². The maximum Gasteiger partial charge on any atom is 0.358 e. The van der Waals surface area contributed by atoms with Crippen LogP contribution in [0.25, 0.3) is 0 Å². The van der Waals surface area contributed by atoms with Crippen molar-refractivity contribution in [1.29, 1.82) is 0 Å². The van der Waals surface area contributed by atoms with E-state index in [0.717, 1.165) is 19.3 Å². The second-order valence-electron chi connectivity index (χ2n) is 6.25. The first-order valence-corrected chi connectivity index (χ1v) is 8.40. The number of hydrogen-bond donors (Lipinski definition) is 1. The normalized spacial score (nSPS) is 22.0. The number of carbonyl (C=O) groups is 2. The minimum atomic E-state index is -1.16. The molecule has 0 radical (unpaired) electrons. The number of carboxylic acid groups (broad SMARTS) is 1. The van der Waals surface area contributed by atoms with E-state index in [9.17, 15) is 9.59 Å². The number of hydrogen-bond acceptors (Lipinski definition) is 5. The molecule has 1 saturated carbocycles. The van der Waals surface area contributed by atoms with E-state index in [2.05, 4.69) is 24.2 Å². The van der Waals surface area contributed by atoms with Gasteiger partial charge in [0, 0.05) is 25.1 Å². The summed E-state index contributed by atoms with van der Waals surface area (Å²) in [5, 5.41) is 16.1. The van der Waals surface area contributed by atoms with E-state index in [1.165, 1.54) is 10.9 Å². The number of likely N-dealkylation sites (N-methyl/N-ethyl adjacent to an activating group) is 1. The van der Waals surface area contributed by atoms with Gasteiger partial charge >= 0.3 is 5.97 Å². The molecule has 1 aliphatic carbocycles. The number of aromatic carboxylic acids is 1. The van der Waals surface area contributed by atoms with E-state index in [-0.39, 0.29) is 35.7 Å². The van der Waals surface area contributed by atoms with Crippen molar-refractivity contribution in [3.8, 4) is 0 Å². The zero-order chi connectivity index (χ0) is 17.9. The van der Waals surface area contributed by atoms with Crippen LogP contribution in [0, 0.1) is 5.41 Å². The van der Waals surface area contributed by atoms with Gasteiger partial charge < -0.3 is 14.7 Å². The Bertz CT molecular complexity index is 597. The Hall–Kier alpha value is -1.96. The van der Waals surface area contributed by atoms with Gasteiger partial charge in [-0.25, -0.2) is 9.48 Å². The maximum atomic E-state index is 12.6. The van der Waals surface area contributed by atoms with Crippen LogP contribution >= 0.6 is 0 Å². The smallest absolute Gasteiger partial charge is 0.358 e. The zero-order valence-corrected chi connectivity index (χ0v) is 14.7. The predicted octanol–water partition coefficient (Wildman–Crippen LogP) is 1.42. The molecule has 0 aromatic carbocycles. The van der Waals surface area contributed by atoms with Crippen LogP contribution < -0.4 is 0 Å². The molecule has 8 nitrogen and oxygen atoms in total. The van der Waals surface area contributed by atoms with Gasteiger partial charge in [-0.2, -0.15) is 0 Å². The Morgan fingerprint density at radius 2 is 2.08 bits per heavy atom. The molecule has 0 aliphatic heterocycles. The van der Waals surface area contributed by atoms with E-state index >= 15 is 0 Å². The molecule has 1 aliphatic rings. The Morgan fingerprint density at radius 1 is 1.42 bits per heavy atom. The first-order valence-electron chi connectivity index (χ1n) is 8.40. The highest BCUT2D eigenvalue weighted by atomic mass is 16.5. The molecule has 8 heteroatoms. The van der Waals surface area contributed by atoms with Gasteiger partial charge in [0.1, 0.15) is 6.54 Å². The van der Waals surface area contributed by atoms with E-state index < -0.39 is 5.97 Å². The van der Waals surface area contributed by atoms with E-state index in [0.29, 0.717) is 6.61 Å². The standard InChI is InChI=1S/C16H26N4O4/c1-5-16(6-2)12(8-13(16)24-7-3)19(4)14(21)10-20-9-11(15(22)23)17-18-20/h9,12-13H,5-8,10H2,1-4H3,(H,22,23). The second-order valence-corrected chi connectivity index (χ2v) is 6.25. The fourth-order valence-electron chi connectivity index (χ4n) is 3.78. The van der Waals surface area contributed by atoms with Crippen molar-refractivity contribution in [1.82, 2.24) is 19.9 Å². The third-order valence-electron chi connectivity index (χ3n) is 5.34. The molecule has 1 N–H and O–H groups in total. The van der Waals surface area contributed by atoms with Gasteiger partial charge in [-0.3, -0.25) is 4.79 Å². The molecule has 1 aromatic rings. The molecule has 0 saturated heterocycles. The summed E-state index contributed by atoms with van der Waals surface area (Å²) in [6, 6.07) is 0.124. The predicted molar refractivity (Wildman–Crippen MR) is 86.6 cm³/mol. The SMILES string of the molecule is CCOC1CC(N(C)C(=O)Cn2cc(C(=O)O)nn2)C1(CC)CC. The lowest BCUT2D eigenvalue weighted by molar-refractivity contribution is -0.177. The van der Waals surface area contributed by atoms with Gasteiger partial charge in [-0.15, -0.1) is 5.10 Å². The van der Waals surface area contributed by atoms with Crippen LogP contribution in [-0.2, 0) is 16.1 Å². The fraction of sp³-hybridized carbons (Fsp3) is 0.750. The van der Waals surface area contributed by atoms with E-state index in [1.807, 2.05) is 6.92 Å². The molecule has 1 fully saturated rings. The maximum absolute atomic E-state index is 12.6. The van der Waals surface area contributed by atoms with Gasteiger partial charge in [0.05, 0.1) is 12.3 Å². The summed E-state index contributed by atoms with van der Waals surface area (Å²) in [4.78, 5) is 25.1. The molecule has 1 amide bonds. The largest absolute Gasteiger partial charge is 0.476 e. The second kappa shape index (κ2) is 7.29. The summed E-state index contributed by atoms with van der Waals surface area (Å²) in [5.74, 6) is -1.26. The minimum absolute atomic E-state index is 0.0178. The summed E-state index contributed by atoms with van der Waals surface area (Å²) in [7, 11) is 1.80. The average molecular weight is 338 g/mol. The molecule has 134 valence electrons. The number of carbonyl (C=O) groups excluding carboxylic acids is 1. The Morgan fingerprint density at radius 3 is 2.58 bits per heavy atom. The first kappa shape index (κ1) is 18.4. The zero-order valence-electron chi connectivity index (χ0n) is 14.7. The summed E-state index contributed by atoms with van der Waals surface area (Å²) >= 11 is 0. The highest BCUT2D eigenvalue weighted by Gasteiger charge is 2.55. The van der Waals surface area contributed by atoms with Crippen molar-refractivity contribution in [3.05, 3.63) is 11.9 Å². The van der Waals surface area contributed by atoms with Crippen molar-refractivity contribution in [2.75, 3.05) is 13.7 Å². The van der Waals surface area contributed by atoms with Crippen LogP contribution in [0.4, 0.5) is 0 Å². The number of aromatic nitrogens is 3. The van der Waals surface area contributed by atoms with Gasteiger partial charge in [0.15, 0.2) is 5.69 Å². The third kappa shape index (κ3) is 3.15. The average Bonchev–Trinajstić information content (AvgIpc) is 3.00. The molecule has 24 heavy (non-hydrogen) atoms. The van der Waals surface area contributed by atoms with Crippen molar-refractivity contribution < 1.29 is 19.4 Å². The number of amides is 1. The monoisotopic (exact) mass is 338 g/mol. The van der Waals surface area contributed by atoms with Crippen LogP contribution in [0.15, 0.2) is 6.20 Å². The molecule has 0 spiro atoms. The number of nitrogens with zero attached hydrogens (tertiary/aromatic N) is 4. The number of carboxylic acids is 1. The highest BCUT2D eigenvalue weighted by Crippen LogP contribution is 2.51. The molecular weight excluding hydrogens is 312 g/mol. The van der Waals surface area contributed by atoms with Crippen molar-refractivity contribution in [2.45, 2.75) is 58.7 Å². The Labute approximate surface area is 141 Å². The summed E-state index contributed by atoms with van der Waals surface area (Å²) in [6.07, 6.45) is 4.18. The van der Waals surface area contributed by atoms with Crippen LogP contribution in [0.3, 0.4) is 0 Å². The minimum Gasteiger partial charge on any atom is -0.476 e. The molecular formula is C16H26N4O4. The summed E-state index contributed by atoms with van der Waals surface area (Å²) in [6.45, 7) is 6.92.